The van der Waals surface area contributed by atoms with Crippen LogP contribution in [0.5, 0.6) is 0 Å². The van der Waals surface area contributed by atoms with Crippen molar-refractivity contribution in [3.8, 4) is 0 Å². The third-order valence-corrected chi connectivity index (χ3v) is 12.7. The summed E-state index contributed by atoms with van der Waals surface area (Å²) in [5, 5.41) is 0.104. The third-order valence-electron chi connectivity index (χ3n) is 8.19. The fraction of sp³-hybridized carbons (Fsp3) is 0.548. The lowest BCUT2D eigenvalue weighted by Gasteiger charge is -2.45. The zero-order chi connectivity index (χ0) is 28.0. The van der Waals surface area contributed by atoms with Crippen molar-refractivity contribution in [2.24, 2.45) is 17.3 Å². The van der Waals surface area contributed by atoms with Gasteiger partial charge in [0.25, 0.3) is 0 Å². The SMILES string of the molecule is CC(C)(CO[Si](C)(C)C(C)(C)C)C1CC(C(=O)OCc2ccccc2)CN(C(=O)OCc2ccccc2)C1. The lowest BCUT2D eigenvalue weighted by Crippen LogP contribution is -2.52. The molecule has 208 valence electrons. The first-order chi connectivity index (χ1) is 17.8. The Bertz CT molecular complexity index is 985. The molecule has 38 heavy (non-hydrogen) atoms. The van der Waals surface area contributed by atoms with E-state index in [2.05, 4.69) is 47.7 Å². The molecule has 0 N–H and O–H groups in total. The van der Waals surface area contributed by atoms with Crippen LogP contribution in [0.2, 0.25) is 18.1 Å². The van der Waals surface area contributed by atoms with Crippen molar-refractivity contribution in [2.45, 2.75) is 72.4 Å². The van der Waals surface area contributed by atoms with Crippen LogP contribution in [0.1, 0.15) is 52.2 Å². The highest BCUT2D eigenvalue weighted by molar-refractivity contribution is 6.74. The molecule has 0 aliphatic carbocycles. The fourth-order valence-corrected chi connectivity index (χ4v) is 5.51. The molecule has 2 atom stereocenters. The van der Waals surface area contributed by atoms with Crippen LogP contribution in [0.3, 0.4) is 0 Å². The van der Waals surface area contributed by atoms with Crippen LogP contribution >= 0.6 is 0 Å². The number of hydrogen-bond acceptors (Lipinski definition) is 5. The first-order valence-corrected chi connectivity index (χ1v) is 16.5. The quantitative estimate of drug-likeness (QED) is 0.252. The van der Waals surface area contributed by atoms with E-state index in [1.807, 2.05) is 60.7 Å². The first-order valence-electron chi connectivity index (χ1n) is 13.6. The molecule has 2 aromatic rings. The summed E-state index contributed by atoms with van der Waals surface area (Å²) in [7, 11) is -1.95. The predicted molar refractivity (Wildman–Crippen MR) is 153 cm³/mol. The molecule has 1 amide bonds. The Morgan fingerprint density at radius 3 is 1.89 bits per heavy atom. The molecule has 2 unspecified atom stereocenters. The molecule has 2 aromatic carbocycles. The van der Waals surface area contributed by atoms with E-state index in [0.717, 1.165) is 11.1 Å². The number of benzene rings is 2. The van der Waals surface area contributed by atoms with Gasteiger partial charge >= 0.3 is 12.1 Å². The number of esters is 1. The van der Waals surface area contributed by atoms with E-state index in [1.54, 1.807) is 4.90 Å². The van der Waals surface area contributed by atoms with Crippen LogP contribution in [-0.2, 0) is 31.9 Å². The van der Waals surface area contributed by atoms with Crippen molar-refractivity contribution in [1.29, 1.82) is 0 Å². The molecule has 0 radical (unpaired) electrons. The highest BCUT2D eigenvalue weighted by Crippen LogP contribution is 2.41. The maximum Gasteiger partial charge on any atom is 0.410 e. The summed E-state index contributed by atoms with van der Waals surface area (Å²) in [6.07, 6.45) is 0.241. The Hall–Kier alpha value is -2.64. The fourth-order valence-electron chi connectivity index (χ4n) is 4.34. The Morgan fingerprint density at radius 1 is 0.842 bits per heavy atom. The number of piperidine rings is 1. The van der Waals surface area contributed by atoms with Crippen LogP contribution < -0.4 is 0 Å². The number of carbonyl (C=O) groups excluding carboxylic acids is 2. The molecule has 0 spiro atoms. The molecule has 0 aromatic heterocycles. The van der Waals surface area contributed by atoms with E-state index in [1.165, 1.54) is 0 Å². The maximum absolute atomic E-state index is 13.2. The van der Waals surface area contributed by atoms with Crippen LogP contribution in [-0.4, -0.2) is 45.0 Å². The second-order valence-electron chi connectivity index (χ2n) is 12.7. The molecular formula is C31H45NO5Si. The van der Waals surface area contributed by atoms with E-state index in [4.69, 9.17) is 13.9 Å². The van der Waals surface area contributed by atoms with Crippen molar-refractivity contribution in [3.63, 3.8) is 0 Å². The zero-order valence-corrected chi connectivity index (χ0v) is 25.2. The van der Waals surface area contributed by atoms with Gasteiger partial charge in [-0.15, -0.1) is 0 Å². The Labute approximate surface area is 229 Å². The lowest BCUT2D eigenvalue weighted by molar-refractivity contribution is -0.153. The molecule has 7 heteroatoms. The smallest absolute Gasteiger partial charge is 0.410 e. The molecule has 6 nitrogen and oxygen atoms in total. The van der Waals surface area contributed by atoms with Gasteiger partial charge in [-0.3, -0.25) is 4.79 Å². The third kappa shape index (κ3) is 8.18. The van der Waals surface area contributed by atoms with Crippen LogP contribution in [0, 0.1) is 17.3 Å². The molecule has 0 saturated carbocycles. The van der Waals surface area contributed by atoms with Crippen molar-refractivity contribution in [3.05, 3.63) is 71.8 Å². The number of carbonyl (C=O) groups is 2. The topological polar surface area (TPSA) is 65.1 Å². The van der Waals surface area contributed by atoms with E-state index in [-0.39, 0.29) is 42.1 Å². The second kappa shape index (κ2) is 12.5. The largest absolute Gasteiger partial charge is 0.461 e. The highest BCUT2D eigenvalue weighted by atomic mass is 28.4. The summed E-state index contributed by atoms with van der Waals surface area (Å²) in [4.78, 5) is 28.1. The minimum Gasteiger partial charge on any atom is -0.461 e. The van der Waals surface area contributed by atoms with E-state index in [0.29, 0.717) is 19.6 Å². The summed E-state index contributed by atoms with van der Waals surface area (Å²) in [6, 6.07) is 19.3. The highest BCUT2D eigenvalue weighted by Gasteiger charge is 2.44. The summed E-state index contributed by atoms with van der Waals surface area (Å²) in [5.74, 6) is -0.644. The van der Waals surface area contributed by atoms with Gasteiger partial charge in [-0.05, 0) is 47.0 Å². The molecular weight excluding hydrogens is 494 g/mol. The molecule has 1 aliphatic rings. The molecule has 0 bridgehead atoms. The lowest BCUT2D eigenvalue weighted by atomic mass is 9.72. The van der Waals surface area contributed by atoms with Crippen molar-refractivity contribution >= 4 is 20.4 Å². The van der Waals surface area contributed by atoms with Gasteiger partial charge in [0.15, 0.2) is 8.32 Å². The van der Waals surface area contributed by atoms with Crippen LogP contribution in [0.4, 0.5) is 4.79 Å². The normalized spacial score (nSPS) is 18.7. The van der Waals surface area contributed by atoms with Crippen molar-refractivity contribution in [1.82, 2.24) is 4.90 Å². The Morgan fingerprint density at radius 2 is 1.37 bits per heavy atom. The Balaban J connectivity index is 1.72. The monoisotopic (exact) mass is 539 g/mol. The average Bonchev–Trinajstić information content (AvgIpc) is 2.89. The van der Waals surface area contributed by atoms with Crippen LogP contribution in [0.25, 0.3) is 0 Å². The first kappa shape index (κ1) is 29.9. The minimum absolute atomic E-state index is 0.0552. The summed E-state index contributed by atoms with van der Waals surface area (Å²) in [6.45, 7) is 17.4. The average molecular weight is 540 g/mol. The number of ether oxygens (including phenoxy) is 2. The van der Waals surface area contributed by atoms with Crippen molar-refractivity contribution in [2.75, 3.05) is 19.7 Å². The summed E-state index contributed by atoms with van der Waals surface area (Å²) < 4.78 is 18.0. The number of rotatable bonds is 9. The van der Waals surface area contributed by atoms with Gasteiger partial charge in [-0.2, -0.15) is 0 Å². The molecule has 1 saturated heterocycles. The summed E-state index contributed by atoms with van der Waals surface area (Å²) >= 11 is 0. The number of likely N-dealkylation sites (tertiary alicyclic amines) is 1. The zero-order valence-electron chi connectivity index (χ0n) is 24.2. The van der Waals surface area contributed by atoms with Gasteiger partial charge in [-0.25, -0.2) is 4.79 Å². The van der Waals surface area contributed by atoms with E-state index in [9.17, 15) is 9.59 Å². The second-order valence-corrected chi connectivity index (χ2v) is 17.5. The Kier molecular flexibility index (Phi) is 9.82. The predicted octanol–water partition coefficient (Wildman–Crippen LogP) is 7.05. The van der Waals surface area contributed by atoms with Gasteiger partial charge in [-0.1, -0.05) is 95.3 Å². The van der Waals surface area contributed by atoms with Crippen molar-refractivity contribution < 1.29 is 23.5 Å². The number of nitrogens with zero attached hydrogens (tertiary/aromatic N) is 1. The molecule has 1 heterocycles. The summed E-state index contributed by atoms with van der Waals surface area (Å²) in [5.41, 5.74) is 1.62. The van der Waals surface area contributed by atoms with Gasteiger partial charge < -0.3 is 18.8 Å². The molecule has 1 aliphatic heterocycles. The van der Waals surface area contributed by atoms with Gasteiger partial charge in [0.2, 0.25) is 0 Å². The van der Waals surface area contributed by atoms with Gasteiger partial charge in [0, 0.05) is 19.7 Å². The maximum atomic E-state index is 13.2. The standard InChI is InChI=1S/C31H45NO5Si/c1-30(2,3)38(6,7)37-23-31(4,5)27-18-26(28(33)35-21-24-14-10-8-11-15-24)19-32(20-27)29(34)36-22-25-16-12-9-13-17-25/h8-17,26-27H,18-23H2,1-7H3. The number of amides is 1. The van der Waals surface area contributed by atoms with E-state index < -0.39 is 20.3 Å². The number of hydrogen-bond donors (Lipinski definition) is 0. The van der Waals surface area contributed by atoms with E-state index >= 15 is 0 Å². The van der Waals surface area contributed by atoms with Gasteiger partial charge in [0.05, 0.1) is 5.92 Å². The molecule has 3 rings (SSSR count). The van der Waals surface area contributed by atoms with Crippen LogP contribution in [0.15, 0.2) is 60.7 Å². The minimum atomic E-state index is -1.95. The molecule has 1 fully saturated rings. The van der Waals surface area contributed by atoms with Gasteiger partial charge in [0.1, 0.15) is 13.2 Å².